The van der Waals surface area contributed by atoms with E-state index in [0.717, 1.165) is 22.4 Å². The fraction of sp³-hybridized carbons (Fsp3) is 0.136. The number of carbonyl (C=O) groups is 1. The van der Waals surface area contributed by atoms with Crippen LogP contribution in [0.1, 0.15) is 5.56 Å². The van der Waals surface area contributed by atoms with Crippen molar-refractivity contribution in [3.63, 3.8) is 0 Å². The molecule has 0 fully saturated rings. The summed E-state index contributed by atoms with van der Waals surface area (Å²) in [4.78, 5) is 29.7. The zero-order chi connectivity index (χ0) is 21.3. The predicted molar refractivity (Wildman–Crippen MR) is 121 cm³/mol. The van der Waals surface area contributed by atoms with E-state index in [4.69, 9.17) is 16.3 Å². The van der Waals surface area contributed by atoms with E-state index in [0.29, 0.717) is 20.9 Å². The van der Waals surface area contributed by atoms with Gasteiger partial charge in [0.15, 0.2) is 0 Å². The van der Waals surface area contributed by atoms with Gasteiger partial charge in [-0.15, -0.1) is 11.3 Å². The van der Waals surface area contributed by atoms with E-state index in [2.05, 4.69) is 10.3 Å². The number of methoxy groups -OCH3 is 1. The molecule has 1 N–H and O–H groups in total. The number of fused-ring (bicyclic) bond motifs is 1. The van der Waals surface area contributed by atoms with Crippen LogP contribution in [0.2, 0.25) is 5.02 Å². The summed E-state index contributed by atoms with van der Waals surface area (Å²) in [6.45, 7) is 1.75. The Morgan fingerprint density at radius 2 is 2.00 bits per heavy atom. The van der Waals surface area contributed by atoms with Crippen molar-refractivity contribution in [2.45, 2.75) is 13.5 Å². The maximum Gasteiger partial charge on any atom is 0.271 e. The average Bonchev–Trinajstić information content (AvgIpc) is 3.18. The van der Waals surface area contributed by atoms with Crippen molar-refractivity contribution in [1.29, 1.82) is 0 Å². The van der Waals surface area contributed by atoms with Crippen molar-refractivity contribution in [1.82, 2.24) is 9.55 Å². The van der Waals surface area contributed by atoms with Crippen LogP contribution in [0.5, 0.6) is 5.75 Å². The fourth-order valence-corrected chi connectivity index (χ4v) is 4.21. The first-order valence-electron chi connectivity index (χ1n) is 9.13. The normalized spacial score (nSPS) is 10.9. The molecule has 0 radical (unpaired) electrons. The van der Waals surface area contributed by atoms with Gasteiger partial charge in [-0.3, -0.25) is 14.2 Å². The minimum absolute atomic E-state index is 0.136. The van der Waals surface area contributed by atoms with E-state index in [1.165, 1.54) is 22.2 Å². The molecule has 0 unspecified atom stereocenters. The molecule has 0 atom stereocenters. The first kappa shape index (κ1) is 20.1. The third-order valence-electron chi connectivity index (χ3n) is 4.72. The highest BCUT2D eigenvalue weighted by Crippen LogP contribution is 2.31. The molecule has 0 bridgehead atoms. The second-order valence-electron chi connectivity index (χ2n) is 6.75. The highest BCUT2D eigenvalue weighted by Gasteiger charge is 2.14. The number of hydrogen-bond acceptors (Lipinski definition) is 5. The van der Waals surface area contributed by atoms with Gasteiger partial charge in [-0.1, -0.05) is 29.8 Å². The molecule has 2 aromatic carbocycles. The predicted octanol–water partition coefficient (Wildman–Crippen LogP) is 4.73. The second kappa shape index (κ2) is 8.30. The third-order valence-corrected chi connectivity index (χ3v) is 6.08. The summed E-state index contributed by atoms with van der Waals surface area (Å²) in [5.41, 5.74) is 3.70. The molecule has 4 rings (SSSR count). The van der Waals surface area contributed by atoms with Crippen molar-refractivity contribution < 1.29 is 9.53 Å². The maximum atomic E-state index is 12.9. The molecule has 0 aliphatic heterocycles. The molecule has 6 nitrogen and oxygen atoms in total. The lowest BCUT2D eigenvalue weighted by Gasteiger charge is -2.08. The molecule has 152 valence electrons. The van der Waals surface area contributed by atoms with Crippen LogP contribution in [0.25, 0.3) is 21.3 Å². The highest BCUT2D eigenvalue weighted by molar-refractivity contribution is 7.17. The number of nitrogens with zero attached hydrogens (tertiary/aromatic N) is 2. The van der Waals surface area contributed by atoms with E-state index in [9.17, 15) is 9.59 Å². The molecule has 0 spiro atoms. The number of aryl methyl sites for hydroxylation is 1. The van der Waals surface area contributed by atoms with Crippen LogP contribution in [-0.2, 0) is 11.3 Å². The second-order valence-corrected chi connectivity index (χ2v) is 8.03. The number of benzene rings is 2. The Balaban J connectivity index is 1.58. The van der Waals surface area contributed by atoms with Crippen LogP contribution in [-0.4, -0.2) is 22.6 Å². The van der Waals surface area contributed by atoms with Gasteiger partial charge in [0.2, 0.25) is 5.91 Å². The Labute approximate surface area is 181 Å². The van der Waals surface area contributed by atoms with Crippen molar-refractivity contribution in [3.05, 3.63) is 75.1 Å². The molecular weight excluding hydrogens is 422 g/mol. The SMILES string of the molecule is COc1ccc(-c2csc3c(=O)n(CC(=O)Nc4ccc(C)c(Cl)c4)cnc23)cc1. The van der Waals surface area contributed by atoms with Gasteiger partial charge in [-0.2, -0.15) is 0 Å². The third kappa shape index (κ3) is 3.94. The Hall–Kier alpha value is -3.16. The molecule has 2 heterocycles. The lowest BCUT2D eigenvalue weighted by Crippen LogP contribution is -2.27. The average molecular weight is 440 g/mol. The fourth-order valence-electron chi connectivity index (χ4n) is 3.06. The van der Waals surface area contributed by atoms with Gasteiger partial charge in [0, 0.05) is 21.7 Å². The zero-order valence-corrected chi connectivity index (χ0v) is 17.9. The molecule has 30 heavy (non-hydrogen) atoms. The van der Waals surface area contributed by atoms with Gasteiger partial charge in [0.1, 0.15) is 17.0 Å². The smallest absolute Gasteiger partial charge is 0.271 e. The number of thiophene rings is 1. The van der Waals surface area contributed by atoms with Gasteiger partial charge in [-0.05, 0) is 42.3 Å². The molecule has 4 aromatic rings. The van der Waals surface area contributed by atoms with Crippen molar-refractivity contribution in [2.75, 3.05) is 12.4 Å². The number of aromatic nitrogens is 2. The van der Waals surface area contributed by atoms with E-state index < -0.39 is 0 Å². The molecule has 0 saturated heterocycles. The molecule has 2 aromatic heterocycles. The minimum atomic E-state index is -0.329. The number of hydrogen-bond donors (Lipinski definition) is 1. The van der Waals surface area contributed by atoms with E-state index >= 15 is 0 Å². The van der Waals surface area contributed by atoms with E-state index in [1.807, 2.05) is 42.6 Å². The molecule has 0 aliphatic carbocycles. The summed E-state index contributed by atoms with van der Waals surface area (Å²) in [6.07, 6.45) is 1.41. The van der Waals surface area contributed by atoms with Gasteiger partial charge in [0.05, 0.1) is 19.0 Å². The van der Waals surface area contributed by atoms with E-state index in [1.54, 1.807) is 19.2 Å². The molecule has 0 aliphatic rings. The number of amides is 1. The number of anilines is 1. The maximum absolute atomic E-state index is 12.9. The summed E-state index contributed by atoms with van der Waals surface area (Å²) in [5, 5.41) is 5.23. The van der Waals surface area contributed by atoms with Gasteiger partial charge >= 0.3 is 0 Å². The Morgan fingerprint density at radius 1 is 1.23 bits per heavy atom. The van der Waals surface area contributed by atoms with Crippen molar-refractivity contribution in [2.24, 2.45) is 0 Å². The van der Waals surface area contributed by atoms with Gasteiger partial charge in [0.25, 0.3) is 5.56 Å². The minimum Gasteiger partial charge on any atom is -0.497 e. The molecule has 0 saturated carbocycles. The van der Waals surface area contributed by atoms with Crippen LogP contribution in [0.4, 0.5) is 5.69 Å². The van der Waals surface area contributed by atoms with Crippen LogP contribution in [0, 0.1) is 6.92 Å². The quantitative estimate of drug-likeness (QED) is 0.487. The summed E-state index contributed by atoms with van der Waals surface area (Å²) >= 11 is 7.41. The standard InChI is InChI=1S/C22H18ClN3O3S/c1-13-3-6-15(9-18(13)23)25-19(27)10-26-12-24-20-17(11-30-21(20)22(26)28)14-4-7-16(29-2)8-5-14/h3-9,11-12H,10H2,1-2H3,(H,25,27). The Kier molecular flexibility index (Phi) is 5.57. The highest BCUT2D eigenvalue weighted by atomic mass is 35.5. The number of halogens is 1. The Bertz CT molecular complexity index is 1300. The van der Waals surface area contributed by atoms with E-state index in [-0.39, 0.29) is 18.0 Å². The number of ether oxygens (including phenoxy) is 1. The molecule has 1 amide bonds. The van der Waals surface area contributed by atoms with Crippen LogP contribution in [0.3, 0.4) is 0 Å². The van der Waals surface area contributed by atoms with Crippen molar-refractivity contribution >= 4 is 44.7 Å². The topological polar surface area (TPSA) is 73.2 Å². The summed E-state index contributed by atoms with van der Waals surface area (Å²) in [5.74, 6) is 0.430. The first-order valence-corrected chi connectivity index (χ1v) is 10.4. The lowest BCUT2D eigenvalue weighted by molar-refractivity contribution is -0.116. The molecular formula is C22H18ClN3O3S. The first-order chi connectivity index (χ1) is 14.5. The zero-order valence-electron chi connectivity index (χ0n) is 16.3. The van der Waals surface area contributed by atoms with Gasteiger partial charge < -0.3 is 10.1 Å². The largest absolute Gasteiger partial charge is 0.497 e. The summed E-state index contributed by atoms with van der Waals surface area (Å²) in [7, 11) is 1.61. The van der Waals surface area contributed by atoms with Gasteiger partial charge in [-0.25, -0.2) is 4.98 Å². The number of carbonyl (C=O) groups excluding carboxylic acids is 1. The summed E-state index contributed by atoms with van der Waals surface area (Å²) < 4.78 is 7.01. The number of nitrogens with one attached hydrogen (secondary N) is 1. The monoisotopic (exact) mass is 439 g/mol. The molecule has 8 heteroatoms. The Morgan fingerprint density at radius 3 is 2.70 bits per heavy atom. The van der Waals surface area contributed by atoms with Crippen LogP contribution >= 0.6 is 22.9 Å². The van der Waals surface area contributed by atoms with Crippen LogP contribution in [0.15, 0.2) is 59.0 Å². The van der Waals surface area contributed by atoms with Crippen LogP contribution < -0.4 is 15.6 Å². The lowest BCUT2D eigenvalue weighted by atomic mass is 10.1. The summed E-state index contributed by atoms with van der Waals surface area (Å²) in [6, 6.07) is 12.8. The number of rotatable bonds is 5. The van der Waals surface area contributed by atoms with Crippen molar-refractivity contribution in [3.8, 4) is 16.9 Å².